The Hall–Kier alpha value is -1.10. The molecule has 3 N–H and O–H groups in total. The molecule has 0 aliphatic carbocycles. The van der Waals surface area contributed by atoms with Crippen LogP contribution in [-0.4, -0.2) is 31.8 Å². The van der Waals surface area contributed by atoms with E-state index >= 15 is 0 Å². The third kappa shape index (κ3) is 3.51. The van der Waals surface area contributed by atoms with Crippen molar-refractivity contribution >= 4 is 0 Å². The molecule has 1 aromatic carbocycles. The van der Waals surface area contributed by atoms with Gasteiger partial charge in [-0.15, -0.1) is 0 Å². The maximum absolute atomic E-state index is 6.22. The molecule has 0 spiro atoms. The highest BCUT2D eigenvalue weighted by atomic mass is 16.5. The van der Waals surface area contributed by atoms with E-state index in [1.165, 1.54) is 5.56 Å². The standard InChI is InChI=1S/C16H27N3O/c1-5-15(20-13-8-6-7-11(2)9-13)16-14(10-17-4)12(3)18-19-16/h6-9,12,14-19H,5,10H2,1-4H3. The first kappa shape index (κ1) is 15.3. The number of hydrogen-bond donors (Lipinski definition) is 3. The molecule has 0 saturated carbocycles. The van der Waals surface area contributed by atoms with Gasteiger partial charge in [-0.2, -0.15) is 0 Å². The van der Waals surface area contributed by atoms with E-state index in [2.05, 4.69) is 49.1 Å². The largest absolute Gasteiger partial charge is 0.489 e. The fraction of sp³-hybridized carbons (Fsp3) is 0.625. The molecule has 0 aromatic heterocycles. The van der Waals surface area contributed by atoms with Crippen molar-refractivity contribution in [2.45, 2.75) is 45.4 Å². The van der Waals surface area contributed by atoms with E-state index in [1.54, 1.807) is 0 Å². The summed E-state index contributed by atoms with van der Waals surface area (Å²) in [5.74, 6) is 1.48. The zero-order chi connectivity index (χ0) is 14.5. The SMILES string of the molecule is CCC(Oc1cccc(C)c1)C1NNC(C)C1CNC. The Morgan fingerprint density at radius 1 is 1.35 bits per heavy atom. The van der Waals surface area contributed by atoms with Crippen LogP contribution in [0.2, 0.25) is 0 Å². The van der Waals surface area contributed by atoms with Gasteiger partial charge < -0.3 is 10.1 Å². The zero-order valence-electron chi connectivity index (χ0n) is 12.9. The molecule has 2 rings (SSSR count). The molecule has 4 heteroatoms. The topological polar surface area (TPSA) is 45.3 Å². The molecule has 1 aliphatic heterocycles. The molecule has 0 amide bonds. The third-order valence-corrected chi connectivity index (χ3v) is 4.10. The van der Waals surface area contributed by atoms with Gasteiger partial charge in [-0.05, 0) is 45.0 Å². The first-order chi connectivity index (χ1) is 9.65. The molecule has 1 saturated heterocycles. The molecule has 112 valence electrons. The highest BCUT2D eigenvalue weighted by molar-refractivity contribution is 5.27. The molecule has 0 bridgehead atoms. The number of ether oxygens (including phenoxy) is 1. The monoisotopic (exact) mass is 277 g/mol. The van der Waals surface area contributed by atoms with Gasteiger partial charge in [-0.1, -0.05) is 19.1 Å². The molecule has 1 aromatic rings. The Labute approximate surface area is 122 Å². The lowest BCUT2D eigenvalue weighted by Gasteiger charge is -2.29. The summed E-state index contributed by atoms with van der Waals surface area (Å²) in [6, 6.07) is 9.04. The Bertz CT molecular complexity index is 424. The molecule has 4 unspecified atom stereocenters. The van der Waals surface area contributed by atoms with Crippen molar-refractivity contribution in [3.8, 4) is 5.75 Å². The molecule has 1 fully saturated rings. The summed E-state index contributed by atoms with van der Waals surface area (Å²) in [5, 5.41) is 3.29. The fourth-order valence-corrected chi connectivity index (χ4v) is 2.93. The quantitative estimate of drug-likeness (QED) is 0.742. The summed E-state index contributed by atoms with van der Waals surface area (Å²) in [7, 11) is 2.00. The van der Waals surface area contributed by atoms with Crippen molar-refractivity contribution in [2.24, 2.45) is 5.92 Å². The van der Waals surface area contributed by atoms with Crippen LogP contribution in [0, 0.1) is 12.8 Å². The number of hydrogen-bond acceptors (Lipinski definition) is 4. The van der Waals surface area contributed by atoms with Crippen LogP contribution < -0.4 is 20.9 Å². The second-order valence-corrected chi connectivity index (χ2v) is 5.71. The maximum Gasteiger partial charge on any atom is 0.120 e. The van der Waals surface area contributed by atoms with Crippen LogP contribution in [0.3, 0.4) is 0 Å². The Balaban J connectivity index is 2.07. The summed E-state index contributed by atoms with van der Waals surface area (Å²) in [6.45, 7) is 7.48. The van der Waals surface area contributed by atoms with E-state index in [0.717, 1.165) is 18.7 Å². The summed E-state index contributed by atoms with van der Waals surface area (Å²) < 4.78 is 6.22. The summed E-state index contributed by atoms with van der Waals surface area (Å²) in [6.07, 6.45) is 1.16. The second-order valence-electron chi connectivity index (χ2n) is 5.71. The molecule has 4 atom stereocenters. The average molecular weight is 277 g/mol. The van der Waals surface area contributed by atoms with Crippen LogP contribution in [-0.2, 0) is 0 Å². The normalized spacial score (nSPS) is 27.5. The molecule has 1 aliphatic rings. The van der Waals surface area contributed by atoms with Gasteiger partial charge in [0.15, 0.2) is 0 Å². The third-order valence-electron chi connectivity index (χ3n) is 4.10. The number of aryl methyl sites for hydroxylation is 1. The predicted octanol–water partition coefficient (Wildman–Crippen LogP) is 1.85. The van der Waals surface area contributed by atoms with Crippen molar-refractivity contribution in [3.05, 3.63) is 29.8 Å². The molecule has 20 heavy (non-hydrogen) atoms. The van der Waals surface area contributed by atoms with Gasteiger partial charge in [0.2, 0.25) is 0 Å². The number of nitrogens with one attached hydrogen (secondary N) is 3. The van der Waals surface area contributed by atoms with Crippen molar-refractivity contribution < 1.29 is 4.74 Å². The number of hydrazine groups is 1. The van der Waals surface area contributed by atoms with Crippen molar-refractivity contribution in [3.63, 3.8) is 0 Å². The Morgan fingerprint density at radius 3 is 2.80 bits per heavy atom. The maximum atomic E-state index is 6.22. The average Bonchev–Trinajstić information content (AvgIpc) is 2.78. The van der Waals surface area contributed by atoms with Crippen LogP contribution in [0.1, 0.15) is 25.8 Å². The van der Waals surface area contributed by atoms with Crippen LogP contribution in [0.4, 0.5) is 0 Å². The van der Waals surface area contributed by atoms with E-state index in [1.807, 2.05) is 19.2 Å². The lowest BCUT2D eigenvalue weighted by Crippen LogP contribution is -2.46. The molecular weight excluding hydrogens is 250 g/mol. The minimum atomic E-state index is 0.174. The minimum Gasteiger partial charge on any atom is -0.489 e. The Morgan fingerprint density at radius 2 is 2.15 bits per heavy atom. The van der Waals surface area contributed by atoms with E-state index in [9.17, 15) is 0 Å². The molecule has 1 heterocycles. The van der Waals surface area contributed by atoms with Crippen LogP contribution in [0.15, 0.2) is 24.3 Å². The first-order valence-corrected chi connectivity index (χ1v) is 7.54. The van der Waals surface area contributed by atoms with E-state index in [4.69, 9.17) is 4.74 Å². The van der Waals surface area contributed by atoms with Gasteiger partial charge in [0.05, 0.1) is 6.04 Å². The highest BCUT2D eigenvalue weighted by Gasteiger charge is 2.38. The second kappa shape index (κ2) is 7.07. The van der Waals surface area contributed by atoms with E-state index in [0.29, 0.717) is 18.0 Å². The highest BCUT2D eigenvalue weighted by Crippen LogP contribution is 2.23. The van der Waals surface area contributed by atoms with Crippen molar-refractivity contribution in [2.75, 3.05) is 13.6 Å². The van der Waals surface area contributed by atoms with Crippen LogP contribution in [0.25, 0.3) is 0 Å². The zero-order valence-corrected chi connectivity index (χ0v) is 12.9. The Kier molecular flexibility index (Phi) is 5.40. The minimum absolute atomic E-state index is 0.174. The van der Waals surface area contributed by atoms with Crippen molar-refractivity contribution in [1.29, 1.82) is 0 Å². The van der Waals surface area contributed by atoms with Gasteiger partial charge in [-0.25, -0.2) is 0 Å². The van der Waals surface area contributed by atoms with Gasteiger partial charge >= 0.3 is 0 Å². The van der Waals surface area contributed by atoms with Gasteiger partial charge in [-0.3, -0.25) is 10.9 Å². The summed E-state index contributed by atoms with van der Waals surface area (Å²) in [4.78, 5) is 0. The summed E-state index contributed by atoms with van der Waals surface area (Å²) >= 11 is 0. The van der Waals surface area contributed by atoms with Crippen LogP contribution >= 0.6 is 0 Å². The summed E-state index contributed by atoms with van der Waals surface area (Å²) in [5.41, 5.74) is 7.99. The van der Waals surface area contributed by atoms with Crippen LogP contribution in [0.5, 0.6) is 5.75 Å². The van der Waals surface area contributed by atoms with Gasteiger partial charge in [0.25, 0.3) is 0 Å². The van der Waals surface area contributed by atoms with E-state index < -0.39 is 0 Å². The number of benzene rings is 1. The molecular formula is C16H27N3O. The molecule has 0 radical (unpaired) electrons. The lowest BCUT2D eigenvalue weighted by atomic mass is 9.90. The predicted molar refractivity (Wildman–Crippen MR) is 82.8 cm³/mol. The van der Waals surface area contributed by atoms with Gasteiger partial charge in [0.1, 0.15) is 11.9 Å². The van der Waals surface area contributed by atoms with Crippen molar-refractivity contribution in [1.82, 2.24) is 16.2 Å². The molecule has 4 nitrogen and oxygen atoms in total. The lowest BCUT2D eigenvalue weighted by molar-refractivity contribution is 0.133. The smallest absolute Gasteiger partial charge is 0.120 e. The number of rotatable bonds is 6. The van der Waals surface area contributed by atoms with E-state index in [-0.39, 0.29) is 6.10 Å². The van der Waals surface area contributed by atoms with Gasteiger partial charge in [0, 0.05) is 18.5 Å². The first-order valence-electron chi connectivity index (χ1n) is 7.54. The fourth-order valence-electron chi connectivity index (χ4n) is 2.93.